The average molecular weight is 373 g/mol. The van der Waals surface area contributed by atoms with Gasteiger partial charge in [-0.3, -0.25) is 9.40 Å². The van der Waals surface area contributed by atoms with Crippen molar-refractivity contribution in [1.29, 1.82) is 0 Å². The van der Waals surface area contributed by atoms with Crippen LogP contribution in [0.3, 0.4) is 0 Å². The van der Waals surface area contributed by atoms with Gasteiger partial charge in [0.05, 0.1) is 12.2 Å². The van der Waals surface area contributed by atoms with Gasteiger partial charge in [-0.25, -0.2) is 12.8 Å². The van der Waals surface area contributed by atoms with Crippen LogP contribution in [0.1, 0.15) is 22.5 Å². The Balaban J connectivity index is 1.85. The fraction of sp³-hybridized carbons (Fsp3) is 0.211. The molecular formula is C19H20FN3O2S. The molecule has 0 aliphatic carbocycles. The maximum atomic E-state index is 14.0. The summed E-state index contributed by atoms with van der Waals surface area (Å²) >= 11 is 0. The first-order chi connectivity index (χ1) is 12.2. The van der Waals surface area contributed by atoms with Crippen molar-refractivity contribution < 1.29 is 12.8 Å². The number of aromatic nitrogens is 2. The number of rotatable bonds is 5. The molecule has 0 aliphatic rings. The molecule has 5 nitrogen and oxygen atoms in total. The highest BCUT2D eigenvalue weighted by molar-refractivity contribution is 7.92. The molecule has 0 atom stereocenters. The van der Waals surface area contributed by atoms with Gasteiger partial charge in [0.15, 0.2) is 0 Å². The number of hydrogen-bond donors (Lipinski definition) is 1. The van der Waals surface area contributed by atoms with E-state index in [0.717, 1.165) is 17.0 Å². The van der Waals surface area contributed by atoms with Crippen molar-refractivity contribution in [2.45, 2.75) is 32.2 Å². The van der Waals surface area contributed by atoms with Crippen molar-refractivity contribution in [1.82, 2.24) is 9.78 Å². The number of benzene rings is 2. The van der Waals surface area contributed by atoms with Gasteiger partial charge >= 0.3 is 0 Å². The van der Waals surface area contributed by atoms with Crippen molar-refractivity contribution in [2.24, 2.45) is 0 Å². The van der Waals surface area contributed by atoms with Crippen LogP contribution in [0, 0.1) is 26.6 Å². The van der Waals surface area contributed by atoms with E-state index in [1.807, 2.05) is 30.7 Å². The number of sulfonamides is 1. The maximum Gasteiger partial charge on any atom is 0.264 e. The Bertz CT molecular complexity index is 1060. The molecule has 136 valence electrons. The minimum atomic E-state index is -4.00. The normalized spacial score (nSPS) is 11.5. The summed E-state index contributed by atoms with van der Waals surface area (Å²) < 4.78 is 43.3. The molecule has 3 aromatic rings. The lowest BCUT2D eigenvalue weighted by molar-refractivity contribution is 0.569. The van der Waals surface area contributed by atoms with Gasteiger partial charge in [-0.15, -0.1) is 0 Å². The molecular weight excluding hydrogens is 353 g/mol. The Kier molecular flexibility index (Phi) is 4.82. The highest BCUT2D eigenvalue weighted by Gasteiger charge is 2.19. The molecule has 0 radical (unpaired) electrons. The number of halogens is 1. The summed E-state index contributed by atoms with van der Waals surface area (Å²) in [5, 5.41) is 4.41. The first-order valence-corrected chi connectivity index (χ1v) is 9.62. The van der Waals surface area contributed by atoms with Crippen LogP contribution < -0.4 is 4.72 Å². The van der Waals surface area contributed by atoms with Gasteiger partial charge in [0, 0.05) is 11.4 Å². The molecule has 1 N–H and O–H groups in total. The SMILES string of the molecule is Cc1ccc(S(=O)(=O)Nc2cccc(Cn3nc(C)cc3C)c2)c(F)c1. The summed E-state index contributed by atoms with van der Waals surface area (Å²) in [6.07, 6.45) is 0. The number of anilines is 1. The summed E-state index contributed by atoms with van der Waals surface area (Å²) in [6, 6.07) is 13.0. The first kappa shape index (κ1) is 18.1. The fourth-order valence-corrected chi connectivity index (χ4v) is 3.89. The van der Waals surface area contributed by atoms with E-state index in [4.69, 9.17) is 0 Å². The smallest absolute Gasteiger partial charge is 0.264 e. The zero-order chi connectivity index (χ0) is 18.9. The van der Waals surface area contributed by atoms with Crippen LogP contribution in [-0.4, -0.2) is 18.2 Å². The lowest BCUT2D eigenvalue weighted by atomic mass is 10.2. The number of nitrogens with zero attached hydrogens (tertiary/aromatic N) is 2. The van der Waals surface area contributed by atoms with Gasteiger partial charge in [-0.1, -0.05) is 18.2 Å². The van der Waals surface area contributed by atoms with Gasteiger partial charge in [-0.05, 0) is 62.2 Å². The van der Waals surface area contributed by atoms with Crippen LogP contribution in [-0.2, 0) is 16.6 Å². The van der Waals surface area contributed by atoms with Gasteiger partial charge < -0.3 is 0 Å². The van der Waals surface area contributed by atoms with Crippen molar-refractivity contribution in [3.8, 4) is 0 Å². The van der Waals surface area contributed by atoms with E-state index < -0.39 is 15.8 Å². The van der Waals surface area contributed by atoms with E-state index in [2.05, 4.69) is 9.82 Å². The van der Waals surface area contributed by atoms with Crippen molar-refractivity contribution >= 4 is 15.7 Å². The lowest BCUT2D eigenvalue weighted by Gasteiger charge is -2.11. The molecule has 1 heterocycles. The predicted octanol–water partition coefficient (Wildman–Crippen LogP) is 3.80. The summed E-state index contributed by atoms with van der Waals surface area (Å²) in [6.45, 7) is 6.11. The topological polar surface area (TPSA) is 64.0 Å². The molecule has 0 fully saturated rings. The van der Waals surface area contributed by atoms with Crippen molar-refractivity contribution in [2.75, 3.05) is 4.72 Å². The zero-order valence-corrected chi connectivity index (χ0v) is 15.6. The van der Waals surface area contributed by atoms with Crippen molar-refractivity contribution in [3.63, 3.8) is 0 Å². The minimum Gasteiger partial charge on any atom is -0.280 e. The Labute approximate surface area is 152 Å². The molecule has 0 spiro atoms. The van der Waals surface area contributed by atoms with E-state index in [-0.39, 0.29) is 4.90 Å². The lowest BCUT2D eigenvalue weighted by Crippen LogP contribution is -2.15. The second-order valence-electron chi connectivity index (χ2n) is 6.32. The van der Waals surface area contributed by atoms with E-state index >= 15 is 0 Å². The Hall–Kier alpha value is -2.67. The second kappa shape index (κ2) is 6.92. The molecule has 0 aliphatic heterocycles. The summed E-state index contributed by atoms with van der Waals surface area (Å²) in [4.78, 5) is -0.368. The third-order valence-electron chi connectivity index (χ3n) is 3.99. The van der Waals surface area contributed by atoms with Crippen LogP contribution in [0.2, 0.25) is 0 Å². The van der Waals surface area contributed by atoms with Crippen LogP contribution in [0.25, 0.3) is 0 Å². The number of hydrogen-bond acceptors (Lipinski definition) is 3. The molecule has 0 unspecified atom stereocenters. The summed E-state index contributed by atoms with van der Waals surface area (Å²) in [5.74, 6) is -0.767. The van der Waals surface area contributed by atoms with Gasteiger partial charge in [-0.2, -0.15) is 5.10 Å². The van der Waals surface area contributed by atoms with Crippen LogP contribution in [0.4, 0.5) is 10.1 Å². The second-order valence-corrected chi connectivity index (χ2v) is 7.98. The number of aryl methyl sites for hydroxylation is 3. The molecule has 0 saturated carbocycles. The largest absolute Gasteiger partial charge is 0.280 e. The standard InChI is InChI=1S/C19H20FN3O2S/c1-13-7-8-19(18(20)9-13)26(24,25)22-17-6-4-5-16(11-17)12-23-15(3)10-14(2)21-23/h4-11,22H,12H2,1-3H3. The Morgan fingerprint density at radius 3 is 2.50 bits per heavy atom. The van der Waals surface area contributed by atoms with E-state index in [1.165, 1.54) is 12.1 Å². The van der Waals surface area contributed by atoms with Crippen molar-refractivity contribution in [3.05, 3.63) is 76.9 Å². The predicted molar refractivity (Wildman–Crippen MR) is 99.2 cm³/mol. The quantitative estimate of drug-likeness (QED) is 0.740. The molecule has 1 aromatic heterocycles. The van der Waals surface area contributed by atoms with E-state index in [0.29, 0.717) is 17.8 Å². The zero-order valence-electron chi connectivity index (χ0n) is 14.8. The van der Waals surface area contributed by atoms with Crippen LogP contribution >= 0.6 is 0 Å². The van der Waals surface area contributed by atoms with Crippen LogP contribution in [0.15, 0.2) is 53.4 Å². The summed E-state index contributed by atoms with van der Waals surface area (Å²) in [7, 11) is -4.00. The number of nitrogens with one attached hydrogen (secondary N) is 1. The average Bonchev–Trinajstić information content (AvgIpc) is 2.84. The van der Waals surface area contributed by atoms with Crippen LogP contribution in [0.5, 0.6) is 0 Å². The first-order valence-electron chi connectivity index (χ1n) is 8.13. The highest BCUT2D eigenvalue weighted by atomic mass is 32.2. The Morgan fingerprint density at radius 1 is 1.08 bits per heavy atom. The molecule has 7 heteroatoms. The molecule has 0 bridgehead atoms. The molecule has 2 aromatic carbocycles. The Morgan fingerprint density at radius 2 is 1.85 bits per heavy atom. The third kappa shape index (κ3) is 3.94. The third-order valence-corrected chi connectivity index (χ3v) is 5.41. The van der Waals surface area contributed by atoms with Gasteiger partial charge in [0.2, 0.25) is 0 Å². The highest BCUT2D eigenvalue weighted by Crippen LogP contribution is 2.21. The monoisotopic (exact) mass is 373 g/mol. The fourth-order valence-electron chi connectivity index (χ4n) is 2.78. The molecule has 0 saturated heterocycles. The minimum absolute atomic E-state index is 0.368. The van der Waals surface area contributed by atoms with E-state index in [1.54, 1.807) is 31.2 Å². The van der Waals surface area contributed by atoms with Gasteiger partial charge in [0.25, 0.3) is 10.0 Å². The molecule has 3 rings (SSSR count). The molecule has 26 heavy (non-hydrogen) atoms. The van der Waals surface area contributed by atoms with Gasteiger partial charge in [0.1, 0.15) is 10.7 Å². The van der Waals surface area contributed by atoms with E-state index in [9.17, 15) is 12.8 Å². The summed E-state index contributed by atoms with van der Waals surface area (Å²) in [5.41, 5.74) is 3.88. The maximum absolute atomic E-state index is 14.0. The molecule has 0 amide bonds.